The van der Waals surface area contributed by atoms with E-state index in [4.69, 9.17) is 11.5 Å². The van der Waals surface area contributed by atoms with Crippen molar-refractivity contribution in [3.05, 3.63) is 24.7 Å². The fraction of sp³-hybridized carbons (Fsp3) is 0. The summed E-state index contributed by atoms with van der Waals surface area (Å²) in [5, 5.41) is 0. The van der Waals surface area contributed by atoms with Gasteiger partial charge in [-0.05, 0) is 6.07 Å². The van der Waals surface area contributed by atoms with Gasteiger partial charge < -0.3 is 15.9 Å². The summed E-state index contributed by atoms with van der Waals surface area (Å²) in [4.78, 5) is 3.91. The normalized spacial score (nSPS) is 10.5. The summed E-state index contributed by atoms with van der Waals surface area (Å²) in [7, 11) is 0. The number of nitrogens with zero attached hydrogens (tertiary/aromatic N) is 2. The fourth-order valence-corrected chi connectivity index (χ4v) is 1.05. The Morgan fingerprint density at radius 1 is 1.27 bits per heavy atom. The number of anilines is 2. The van der Waals surface area contributed by atoms with Crippen LogP contribution in [0.25, 0.3) is 5.52 Å². The highest BCUT2D eigenvalue weighted by Gasteiger charge is 1.95. The number of hydrogen-bond acceptors (Lipinski definition) is 3. The van der Waals surface area contributed by atoms with E-state index < -0.39 is 0 Å². The van der Waals surface area contributed by atoms with Gasteiger partial charge in [-0.2, -0.15) is 0 Å². The molecule has 11 heavy (non-hydrogen) atoms. The van der Waals surface area contributed by atoms with Crippen LogP contribution in [0.5, 0.6) is 0 Å². The first-order valence-electron chi connectivity index (χ1n) is 3.24. The van der Waals surface area contributed by atoms with Crippen LogP contribution < -0.4 is 11.5 Å². The highest BCUT2D eigenvalue weighted by atomic mass is 15.0. The summed E-state index contributed by atoms with van der Waals surface area (Å²) in [6.45, 7) is 0. The van der Waals surface area contributed by atoms with E-state index >= 15 is 0 Å². The molecule has 0 aliphatic carbocycles. The third-order valence-electron chi connectivity index (χ3n) is 1.53. The van der Waals surface area contributed by atoms with E-state index in [1.165, 1.54) is 0 Å². The number of fused-ring (bicyclic) bond motifs is 1. The Kier molecular flexibility index (Phi) is 1.03. The molecule has 0 saturated heterocycles. The zero-order chi connectivity index (χ0) is 7.84. The lowest BCUT2D eigenvalue weighted by molar-refractivity contribution is 1.10. The monoisotopic (exact) mass is 148 g/mol. The molecular formula is C7H8N4. The molecule has 2 rings (SSSR count). The van der Waals surface area contributed by atoms with Gasteiger partial charge in [0.05, 0.1) is 11.2 Å². The van der Waals surface area contributed by atoms with E-state index in [0.29, 0.717) is 5.82 Å². The molecule has 4 N–H and O–H groups in total. The largest absolute Gasteiger partial charge is 0.397 e. The Bertz CT molecular complexity index is 390. The molecule has 0 aliphatic heterocycles. The van der Waals surface area contributed by atoms with Gasteiger partial charge in [0.25, 0.3) is 0 Å². The number of nitrogen functional groups attached to an aromatic ring is 2. The van der Waals surface area contributed by atoms with Crippen molar-refractivity contribution in [2.45, 2.75) is 0 Å². The number of nitrogens with two attached hydrogens (primary N) is 2. The van der Waals surface area contributed by atoms with Crippen molar-refractivity contribution in [1.82, 2.24) is 9.38 Å². The zero-order valence-electron chi connectivity index (χ0n) is 5.86. The van der Waals surface area contributed by atoms with Crippen LogP contribution in [-0.2, 0) is 0 Å². The van der Waals surface area contributed by atoms with Crippen LogP contribution in [0.3, 0.4) is 0 Å². The van der Waals surface area contributed by atoms with Gasteiger partial charge in [-0.1, -0.05) is 0 Å². The van der Waals surface area contributed by atoms with E-state index in [1.807, 2.05) is 10.5 Å². The minimum absolute atomic E-state index is 0.510. The predicted molar refractivity (Wildman–Crippen MR) is 44.0 cm³/mol. The molecule has 0 aromatic carbocycles. The summed E-state index contributed by atoms with van der Waals surface area (Å²) in [6.07, 6.45) is 3.43. The van der Waals surface area contributed by atoms with E-state index in [2.05, 4.69) is 4.98 Å². The van der Waals surface area contributed by atoms with Crippen molar-refractivity contribution in [2.75, 3.05) is 11.5 Å². The first-order valence-corrected chi connectivity index (χ1v) is 3.24. The molecule has 0 unspecified atom stereocenters. The Balaban J connectivity index is 2.82. The molecule has 0 radical (unpaired) electrons. The molecule has 0 bridgehead atoms. The van der Waals surface area contributed by atoms with Crippen LogP contribution in [0.2, 0.25) is 0 Å². The van der Waals surface area contributed by atoms with Gasteiger partial charge in [-0.25, -0.2) is 4.98 Å². The van der Waals surface area contributed by atoms with Crippen LogP contribution in [0, 0.1) is 0 Å². The number of hydrogen-bond donors (Lipinski definition) is 2. The second-order valence-corrected chi connectivity index (χ2v) is 2.42. The second kappa shape index (κ2) is 1.88. The third-order valence-corrected chi connectivity index (χ3v) is 1.53. The van der Waals surface area contributed by atoms with E-state index in [1.54, 1.807) is 18.6 Å². The highest BCUT2D eigenvalue weighted by molar-refractivity contribution is 5.61. The summed E-state index contributed by atoms with van der Waals surface area (Å²) in [6, 6.07) is 3.62. The van der Waals surface area contributed by atoms with Gasteiger partial charge in [0.2, 0.25) is 0 Å². The Morgan fingerprint density at radius 2 is 2.09 bits per heavy atom. The van der Waals surface area contributed by atoms with Crippen LogP contribution in [0.4, 0.5) is 11.5 Å². The highest BCUT2D eigenvalue weighted by Crippen LogP contribution is 2.11. The molecule has 2 heterocycles. The van der Waals surface area contributed by atoms with E-state index in [-0.39, 0.29) is 0 Å². The molecule has 0 fully saturated rings. The molecule has 56 valence electrons. The van der Waals surface area contributed by atoms with Gasteiger partial charge >= 0.3 is 0 Å². The summed E-state index contributed by atoms with van der Waals surface area (Å²) in [5.41, 5.74) is 12.7. The van der Waals surface area contributed by atoms with Crippen molar-refractivity contribution in [1.29, 1.82) is 0 Å². The summed E-state index contributed by atoms with van der Waals surface area (Å²) >= 11 is 0. The molecule has 0 atom stereocenters. The first-order chi connectivity index (χ1) is 5.25. The maximum Gasteiger partial charge on any atom is 0.127 e. The topological polar surface area (TPSA) is 69.3 Å². The fourth-order valence-electron chi connectivity index (χ4n) is 1.05. The molecule has 0 amide bonds. The van der Waals surface area contributed by atoms with E-state index in [0.717, 1.165) is 11.2 Å². The van der Waals surface area contributed by atoms with Crippen molar-refractivity contribution >= 4 is 17.0 Å². The first kappa shape index (κ1) is 6.03. The van der Waals surface area contributed by atoms with Crippen molar-refractivity contribution in [3.8, 4) is 0 Å². The zero-order valence-corrected chi connectivity index (χ0v) is 5.86. The predicted octanol–water partition coefficient (Wildman–Crippen LogP) is 0.499. The average Bonchev–Trinajstić information content (AvgIpc) is 2.27. The summed E-state index contributed by atoms with van der Waals surface area (Å²) < 4.78 is 1.83. The quantitative estimate of drug-likeness (QED) is 0.571. The van der Waals surface area contributed by atoms with E-state index in [9.17, 15) is 0 Å². The Morgan fingerprint density at radius 3 is 2.91 bits per heavy atom. The maximum atomic E-state index is 5.55. The average molecular weight is 148 g/mol. The van der Waals surface area contributed by atoms with Gasteiger partial charge in [0.1, 0.15) is 12.1 Å². The molecule has 0 spiro atoms. The maximum absolute atomic E-state index is 5.55. The molecular weight excluding hydrogens is 140 g/mol. The van der Waals surface area contributed by atoms with Gasteiger partial charge in [-0.3, -0.25) is 0 Å². The van der Waals surface area contributed by atoms with Crippen LogP contribution in [-0.4, -0.2) is 9.38 Å². The number of rotatable bonds is 0. The lowest BCUT2D eigenvalue weighted by atomic mass is 10.4. The molecule has 0 saturated carbocycles. The van der Waals surface area contributed by atoms with Crippen molar-refractivity contribution in [3.63, 3.8) is 0 Å². The SMILES string of the molecule is Nc1cc2cc(N)ncn2c1. The van der Waals surface area contributed by atoms with Crippen LogP contribution in [0.1, 0.15) is 0 Å². The summed E-state index contributed by atoms with van der Waals surface area (Å²) in [5.74, 6) is 0.510. The van der Waals surface area contributed by atoms with Gasteiger partial charge in [0, 0.05) is 12.3 Å². The van der Waals surface area contributed by atoms with Gasteiger partial charge in [0.15, 0.2) is 0 Å². The Hall–Kier alpha value is -1.71. The molecule has 0 aliphatic rings. The molecule has 2 aromatic rings. The van der Waals surface area contributed by atoms with Crippen LogP contribution in [0.15, 0.2) is 24.7 Å². The van der Waals surface area contributed by atoms with Crippen molar-refractivity contribution < 1.29 is 0 Å². The minimum Gasteiger partial charge on any atom is -0.397 e. The van der Waals surface area contributed by atoms with Crippen LogP contribution >= 0.6 is 0 Å². The minimum atomic E-state index is 0.510. The Labute approximate surface area is 63.4 Å². The molecule has 2 aromatic heterocycles. The van der Waals surface area contributed by atoms with Gasteiger partial charge in [-0.15, -0.1) is 0 Å². The molecule has 4 heteroatoms. The molecule has 4 nitrogen and oxygen atoms in total. The number of aromatic nitrogens is 2. The lowest BCUT2D eigenvalue weighted by Gasteiger charge is -1.93. The third kappa shape index (κ3) is 0.881. The second-order valence-electron chi connectivity index (χ2n) is 2.42. The standard InChI is InChI=1S/C7H8N4/c8-5-1-6-2-7(9)10-4-11(6)3-5/h1-4H,8-9H2. The van der Waals surface area contributed by atoms with Crippen molar-refractivity contribution in [2.24, 2.45) is 0 Å². The smallest absolute Gasteiger partial charge is 0.127 e. The lowest BCUT2D eigenvalue weighted by Crippen LogP contribution is -1.91.